The molecule has 0 spiro atoms. The van der Waals surface area contributed by atoms with Crippen molar-refractivity contribution in [3.63, 3.8) is 0 Å². The van der Waals surface area contributed by atoms with E-state index in [9.17, 15) is 4.79 Å². The molecule has 8 heteroatoms. The van der Waals surface area contributed by atoms with Gasteiger partial charge in [-0.05, 0) is 44.2 Å². The summed E-state index contributed by atoms with van der Waals surface area (Å²) in [5, 5.41) is 0. The SMILES string of the molecule is CCCCN(Cc1ccco1)C(=O)[C@H]1CCCN(c2ncnc3c2nc2n3CCCCC2)C1. The number of carbonyl (C=O) groups excluding carboxylic acids is 1. The summed E-state index contributed by atoms with van der Waals surface area (Å²) in [6.07, 6.45) is 11.8. The second-order valence-corrected chi connectivity index (χ2v) is 9.34. The van der Waals surface area contributed by atoms with Crippen molar-refractivity contribution < 1.29 is 9.21 Å². The molecule has 5 rings (SSSR count). The van der Waals surface area contributed by atoms with Gasteiger partial charge in [0.05, 0.1) is 18.7 Å². The van der Waals surface area contributed by atoms with Crippen molar-refractivity contribution in [1.82, 2.24) is 24.4 Å². The van der Waals surface area contributed by atoms with Gasteiger partial charge in [0.2, 0.25) is 5.91 Å². The predicted octanol–water partition coefficient (Wildman–Crippen LogP) is 4.19. The summed E-state index contributed by atoms with van der Waals surface area (Å²) in [5.41, 5.74) is 1.83. The molecule has 0 aliphatic carbocycles. The number of aryl methyl sites for hydroxylation is 2. The number of fused-ring (bicyclic) bond motifs is 3. The van der Waals surface area contributed by atoms with Crippen LogP contribution in [0.25, 0.3) is 11.2 Å². The number of imidazole rings is 1. The number of unbranched alkanes of at least 4 members (excludes halogenated alkanes) is 1. The quantitative estimate of drug-likeness (QED) is 0.537. The van der Waals surface area contributed by atoms with E-state index in [2.05, 4.69) is 26.4 Å². The Balaban J connectivity index is 1.37. The highest BCUT2D eigenvalue weighted by Crippen LogP contribution is 2.30. The van der Waals surface area contributed by atoms with Gasteiger partial charge < -0.3 is 18.8 Å². The van der Waals surface area contributed by atoms with E-state index < -0.39 is 0 Å². The monoisotopic (exact) mass is 450 g/mol. The summed E-state index contributed by atoms with van der Waals surface area (Å²) >= 11 is 0. The lowest BCUT2D eigenvalue weighted by atomic mass is 9.96. The van der Waals surface area contributed by atoms with Gasteiger partial charge in [-0.1, -0.05) is 19.8 Å². The van der Waals surface area contributed by atoms with Gasteiger partial charge in [-0.15, -0.1) is 0 Å². The van der Waals surface area contributed by atoms with Crippen LogP contribution in [0.15, 0.2) is 29.1 Å². The van der Waals surface area contributed by atoms with Gasteiger partial charge in [-0.2, -0.15) is 0 Å². The zero-order chi connectivity index (χ0) is 22.6. The molecule has 0 unspecified atom stereocenters. The van der Waals surface area contributed by atoms with Crippen molar-refractivity contribution in [2.45, 2.75) is 71.4 Å². The fourth-order valence-corrected chi connectivity index (χ4v) is 5.19. The molecule has 0 bridgehead atoms. The average molecular weight is 451 g/mol. The van der Waals surface area contributed by atoms with E-state index in [1.165, 1.54) is 19.3 Å². The van der Waals surface area contributed by atoms with Gasteiger partial charge in [0, 0.05) is 32.6 Å². The number of nitrogens with zero attached hydrogens (tertiary/aromatic N) is 6. The zero-order valence-corrected chi connectivity index (χ0v) is 19.6. The summed E-state index contributed by atoms with van der Waals surface area (Å²) in [6.45, 7) is 6.00. The van der Waals surface area contributed by atoms with Crippen LogP contribution in [0.4, 0.5) is 5.82 Å². The Labute approximate surface area is 195 Å². The van der Waals surface area contributed by atoms with Crippen LogP contribution in [0, 0.1) is 5.92 Å². The fraction of sp³-hybridized carbons (Fsp3) is 0.600. The molecule has 33 heavy (non-hydrogen) atoms. The summed E-state index contributed by atoms with van der Waals surface area (Å²) in [5.74, 6) is 3.01. The molecule has 1 fully saturated rings. The van der Waals surface area contributed by atoms with Crippen LogP contribution in [-0.2, 0) is 24.3 Å². The number of furan rings is 1. The highest BCUT2D eigenvalue weighted by molar-refractivity contribution is 5.85. The van der Waals surface area contributed by atoms with Crippen LogP contribution in [0.5, 0.6) is 0 Å². The van der Waals surface area contributed by atoms with Gasteiger partial charge in [0.15, 0.2) is 17.0 Å². The second-order valence-electron chi connectivity index (χ2n) is 9.34. The number of amides is 1. The van der Waals surface area contributed by atoms with Crippen LogP contribution in [-0.4, -0.2) is 50.0 Å². The van der Waals surface area contributed by atoms with Crippen LogP contribution in [0.1, 0.15) is 63.5 Å². The standard InChI is InChI=1S/C25H34N6O2/c1-2-3-12-30(17-20-10-8-15-33-20)25(32)19-9-7-13-29(16-19)23-22-24(27-18-26-23)31-14-6-4-5-11-21(31)28-22/h8,10,15,18-19H,2-7,9,11-14,16-17H2,1H3/t19-/m0/s1. The summed E-state index contributed by atoms with van der Waals surface area (Å²) < 4.78 is 7.81. The van der Waals surface area contributed by atoms with Gasteiger partial charge >= 0.3 is 0 Å². The van der Waals surface area contributed by atoms with Crippen molar-refractivity contribution in [2.24, 2.45) is 5.92 Å². The maximum Gasteiger partial charge on any atom is 0.227 e. The van der Waals surface area contributed by atoms with E-state index >= 15 is 0 Å². The Kier molecular flexibility index (Phi) is 6.60. The second kappa shape index (κ2) is 9.93. The first-order chi connectivity index (χ1) is 16.2. The number of rotatable bonds is 7. The van der Waals surface area contributed by atoms with Gasteiger partial charge in [-0.3, -0.25) is 4.79 Å². The number of aromatic nitrogens is 4. The Bertz CT molecular complexity index is 1080. The Hall–Kier alpha value is -2.90. The Morgan fingerprint density at radius 2 is 2.15 bits per heavy atom. The first-order valence-corrected chi connectivity index (χ1v) is 12.5. The number of hydrogen-bond acceptors (Lipinski definition) is 6. The Morgan fingerprint density at radius 1 is 1.21 bits per heavy atom. The van der Waals surface area contributed by atoms with Crippen LogP contribution >= 0.6 is 0 Å². The molecule has 2 aliphatic rings. The lowest BCUT2D eigenvalue weighted by molar-refractivity contribution is -0.136. The van der Waals surface area contributed by atoms with E-state index in [0.717, 1.165) is 80.3 Å². The lowest BCUT2D eigenvalue weighted by Gasteiger charge is -2.35. The predicted molar refractivity (Wildman–Crippen MR) is 127 cm³/mol. The molecule has 176 valence electrons. The van der Waals surface area contributed by atoms with Crippen molar-refractivity contribution >= 4 is 22.9 Å². The van der Waals surface area contributed by atoms with Crippen LogP contribution in [0.2, 0.25) is 0 Å². The van der Waals surface area contributed by atoms with E-state index in [4.69, 9.17) is 9.40 Å². The number of hydrogen-bond donors (Lipinski definition) is 0. The molecule has 0 saturated carbocycles. The largest absolute Gasteiger partial charge is 0.467 e. The van der Waals surface area contributed by atoms with E-state index in [1.807, 2.05) is 17.0 Å². The van der Waals surface area contributed by atoms with Crippen molar-refractivity contribution in [1.29, 1.82) is 0 Å². The number of carbonyl (C=O) groups is 1. The minimum atomic E-state index is -0.0453. The third-order valence-electron chi connectivity index (χ3n) is 6.96. The molecule has 8 nitrogen and oxygen atoms in total. The summed E-state index contributed by atoms with van der Waals surface area (Å²) in [6, 6.07) is 3.83. The molecule has 0 N–H and O–H groups in total. The normalized spacial score (nSPS) is 18.8. The first kappa shape index (κ1) is 21.9. The van der Waals surface area contributed by atoms with Gasteiger partial charge in [0.25, 0.3) is 0 Å². The Morgan fingerprint density at radius 3 is 3.00 bits per heavy atom. The first-order valence-electron chi connectivity index (χ1n) is 12.5. The minimum Gasteiger partial charge on any atom is -0.467 e. The van der Waals surface area contributed by atoms with E-state index in [-0.39, 0.29) is 11.8 Å². The molecule has 5 heterocycles. The summed E-state index contributed by atoms with van der Waals surface area (Å²) in [7, 11) is 0. The van der Waals surface area contributed by atoms with Crippen LogP contribution in [0.3, 0.4) is 0 Å². The van der Waals surface area contributed by atoms with Crippen molar-refractivity contribution in [3.05, 3.63) is 36.3 Å². The maximum atomic E-state index is 13.6. The van der Waals surface area contributed by atoms with Crippen molar-refractivity contribution in [3.8, 4) is 0 Å². The molecule has 1 saturated heterocycles. The molecule has 1 amide bonds. The molecule has 1 atom stereocenters. The van der Waals surface area contributed by atoms with E-state index in [0.29, 0.717) is 13.1 Å². The molecule has 0 radical (unpaired) electrons. The number of anilines is 1. The topological polar surface area (TPSA) is 80.3 Å². The summed E-state index contributed by atoms with van der Waals surface area (Å²) in [4.78, 5) is 32.0. The third kappa shape index (κ3) is 4.61. The van der Waals surface area contributed by atoms with Crippen LogP contribution < -0.4 is 4.90 Å². The smallest absolute Gasteiger partial charge is 0.227 e. The van der Waals surface area contributed by atoms with E-state index in [1.54, 1.807) is 12.6 Å². The molecule has 0 aromatic carbocycles. The van der Waals surface area contributed by atoms with Gasteiger partial charge in [-0.25, -0.2) is 15.0 Å². The van der Waals surface area contributed by atoms with Gasteiger partial charge in [0.1, 0.15) is 17.9 Å². The molecule has 3 aromatic rings. The van der Waals surface area contributed by atoms with Crippen molar-refractivity contribution in [2.75, 3.05) is 24.5 Å². The highest BCUT2D eigenvalue weighted by atomic mass is 16.3. The molecular weight excluding hydrogens is 416 g/mol. The molecule has 2 aliphatic heterocycles. The minimum absolute atomic E-state index is 0.0453. The molecular formula is C25H34N6O2. The zero-order valence-electron chi connectivity index (χ0n) is 19.6. The molecule has 3 aromatic heterocycles. The highest BCUT2D eigenvalue weighted by Gasteiger charge is 2.31. The number of piperidine rings is 1. The third-order valence-corrected chi connectivity index (χ3v) is 6.96. The fourth-order valence-electron chi connectivity index (χ4n) is 5.19. The maximum absolute atomic E-state index is 13.6. The lowest BCUT2D eigenvalue weighted by Crippen LogP contribution is -2.45. The average Bonchev–Trinajstić information content (AvgIpc) is 3.42.